The molecule has 3 N–H and O–H groups in total. The lowest BCUT2D eigenvalue weighted by Gasteiger charge is -2.22. The summed E-state index contributed by atoms with van der Waals surface area (Å²) in [5.74, 6) is 5.56. The third kappa shape index (κ3) is 2.27. The Morgan fingerprint density at radius 3 is 3.00 bits per heavy atom. The number of hydrogen-bond acceptors (Lipinski definition) is 6. The second kappa shape index (κ2) is 5.26. The lowest BCUT2D eigenvalue weighted by atomic mass is 10.3. The largest absolute Gasteiger partial charge is 0.380 e. The molecule has 0 amide bonds. The van der Waals surface area contributed by atoms with Crippen LogP contribution in [0, 0.1) is 0 Å². The number of pyridine rings is 1. The minimum atomic E-state index is -3.74. The van der Waals surface area contributed by atoms with Crippen LogP contribution in [-0.4, -0.2) is 48.4 Å². The summed E-state index contributed by atoms with van der Waals surface area (Å²) in [4.78, 5) is 4.20. The number of hydrazine groups is 1. The molecule has 1 saturated heterocycles. The average Bonchev–Trinajstić information content (AvgIpc) is 3.13. The lowest BCUT2D eigenvalue weighted by molar-refractivity contribution is 0.180. The van der Waals surface area contributed by atoms with Gasteiger partial charge in [-0.15, -0.1) is 0 Å². The molecular formula is C12H17N5O3S. The van der Waals surface area contributed by atoms with E-state index in [0.29, 0.717) is 25.3 Å². The van der Waals surface area contributed by atoms with Crippen LogP contribution in [0.15, 0.2) is 29.4 Å². The quantitative estimate of drug-likeness (QED) is 0.610. The van der Waals surface area contributed by atoms with Gasteiger partial charge in [-0.25, -0.2) is 19.2 Å². The molecule has 8 nitrogen and oxygen atoms in total. The van der Waals surface area contributed by atoms with Crippen LogP contribution in [0.3, 0.4) is 0 Å². The third-order valence-corrected chi connectivity index (χ3v) is 5.60. The summed E-state index contributed by atoms with van der Waals surface area (Å²) in [6, 6.07) is 5.08. The smallest absolute Gasteiger partial charge is 0.263 e. The first-order chi connectivity index (χ1) is 10.1. The SMILES string of the molecule is CN(C1CCOC1)S(=O)(=O)c1c(NN)nc2ccccn12. The Hall–Kier alpha value is -1.68. The molecule has 0 aromatic carbocycles. The van der Waals surface area contributed by atoms with Gasteiger partial charge < -0.3 is 10.2 Å². The molecule has 1 unspecified atom stereocenters. The number of likely N-dealkylation sites (N-methyl/N-ethyl adjacent to an activating group) is 1. The van der Waals surface area contributed by atoms with Crippen molar-refractivity contribution < 1.29 is 13.2 Å². The minimum absolute atomic E-state index is 0.0370. The van der Waals surface area contributed by atoms with E-state index in [-0.39, 0.29) is 16.9 Å². The molecule has 3 rings (SSSR count). The molecule has 1 atom stereocenters. The lowest BCUT2D eigenvalue weighted by Crippen LogP contribution is -2.38. The second-order valence-corrected chi connectivity index (χ2v) is 6.79. The van der Waals surface area contributed by atoms with E-state index in [0.717, 1.165) is 0 Å². The Kier molecular flexibility index (Phi) is 3.57. The van der Waals surface area contributed by atoms with E-state index in [1.165, 1.54) is 8.71 Å². The fraction of sp³-hybridized carbons (Fsp3) is 0.417. The van der Waals surface area contributed by atoms with Gasteiger partial charge in [0.15, 0.2) is 5.82 Å². The fourth-order valence-corrected chi connectivity index (χ4v) is 4.04. The fourth-order valence-electron chi connectivity index (χ4n) is 2.46. The number of ether oxygens (including phenoxy) is 1. The molecule has 0 bridgehead atoms. The highest BCUT2D eigenvalue weighted by molar-refractivity contribution is 7.89. The van der Waals surface area contributed by atoms with Gasteiger partial charge in [-0.1, -0.05) is 6.07 Å². The highest BCUT2D eigenvalue weighted by atomic mass is 32.2. The first kappa shape index (κ1) is 14.3. The molecule has 114 valence electrons. The van der Waals surface area contributed by atoms with Crippen LogP contribution in [0.5, 0.6) is 0 Å². The van der Waals surface area contributed by atoms with Gasteiger partial charge >= 0.3 is 0 Å². The molecule has 9 heteroatoms. The highest BCUT2D eigenvalue weighted by Gasteiger charge is 2.35. The van der Waals surface area contributed by atoms with Gasteiger partial charge in [0, 0.05) is 19.9 Å². The number of nitrogens with zero attached hydrogens (tertiary/aromatic N) is 3. The van der Waals surface area contributed by atoms with Gasteiger partial charge in [-0.2, -0.15) is 4.31 Å². The maximum Gasteiger partial charge on any atom is 0.263 e. The van der Waals surface area contributed by atoms with Crippen LogP contribution in [0.2, 0.25) is 0 Å². The van der Waals surface area contributed by atoms with E-state index in [2.05, 4.69) is 10.4 Å². The van der Waals surface area contributed by atoms with E-state index >= 15 is 0 Å². The van der Waals surface area contributed by atoms with Crippen molar-refractivity contribution >= 4 is 21.5 Å². The number of anilines is 1. The zero-order chi connectivity index (χ0) is 15.0. The number of sulfonamides is 1. The van der Waals surface area contributed by atoms with Crippen molar-refractivity contribution in [1.29, 1.82) is 0 Å². The van der Waals surface area contributed by atoms with Crippen LogP contribution in [0.25, 0.3) is 5.65 Å². The van der Waals surface area contributed by atoms with E-state index in [1.54, 1.807) is 31.4 Å². The third-order valence-electron chi connectivity index (χ3n) is 3.67. The Labute approximate surface area is 122 Å². The summed E-state index contributed by atoms with van der Waals surface area (Å²) in [6.45, 7) is 0.970. The molecule has 3 heterocycles. The number of aromatic nitrogens is 2. The van der Waals surface area contributed by atoms with E-state index in [4.69, 9.17) is 10.6 Å². The summed E-state index contributed by atoms with van der Waals surface area (Å²) in [6.07, 6.45) is 2.33. The summed E-state index contributed by atoms with van der Waals surface area (Å²) in [5, 5.41) is 0.0370. The van der Waals surface area contributed by atoms with Crippen LogP contribution < -0.4 is 11.3 Å². The molecule has 2 aromatic heterocycles. The number of nitrogen functional groups attached to an aromatic ring is 1. The van der Waals surface area contributed by atoms with E-state index in [9.17, 15) is 8.42 Å². The van der Waals surface area contributed by atoms with Crippen LogP contribution >= 0.6 is 0 Å². The Bertz CT molecular complexity index is 751. The molecule has 0 saturated carbocycles. The molecule has 21 heavy (non-hydrogen) atoms. The highest BCUT2D eigenvalue weighted by Crippen LogP contribution is 2.27. The van der Waals surface area contributed by atoms with Crippen molar-refractivity contribution in [3.8, 4) is 0 Å². The van der Waals surface area contributed by atoms with E-state index < -0.39 is 10.0 Å². The second-order valence-electron chi connectivity index (χ2n) is 4.88. The molecule has 0 spiro atoms. The number of fused-ring (bicyclic) bond motifs is 1. The Balaban J connectivity index is 2.13. The maximum absolute atomic E-state index is 12.9. The number of nitrogens with one attached hydrogen (secondary N) is 1. The molecule has 1 aliphatic rings. The summed E-state index contributed by atoms with van der Waals surface area (Å²) >= 11 is 0. The van der Waals surface area contributed by atoms with Gasteiger partial charge in [-0.3, -0.25) is 4.40 Å². The van der Waals surface area contributed by atoms with Crippen LogP contribution in [0.1, 0.15) is 6.42 Å². The zero-order valence-electron chi connectivity index (χ0n) is 11.6. The van der Waals surface area contributed by atoms with Crippen molar-refractivity contribution in [1.82, 2.24) is 13.7 Å². The first-order valence-electron chi connectivity index (χ1n) is 6.55. The van der Waals surface area contributed by atoms with Crippen molar-refractivity contribution in [3.63, 3.8) is 0 Å². The van der Waals surface area contributed by atoms with Gasteiger partial charge in [0.1, 0.15) is 5.65 Å². The number of imidazole rings is 1. The standard InChI is InChI=1S/C12H17N5O3S/c1-16(9-5-7-20-8-9)21(18,19)12-11(15-13)14-10-4-2-3-6-17(10)12/h2-4,6,9,15H,5,7-8,13H2,1H3. The van der Waals surface area contributed by atoms with Crippen molar-refractivity contribution in [2.24, 2.45) is 5.84 Å². The van der Waals surface area contributed by atoms with Crippen LogP contribution in [-0.2, 0) is 14.8 Å². The number of rotatable bonds is 4. The summed E-state index contributed by atoms with van der Waals surface area (Å²) in [5.41, 5.74) is 2.88. The zero-order valence-corrected chi connectivity index (χ0v) is 12.4. The molecule has 2 aromatic rings. The van der Waals surface area contributed by atoms with Crippen LogP contribution in [0.4, 0.5) is 5.82 Å². The Morgan fingerprint density at radius 2 is 2.33 bits per heavy atom. The molecule has 1 fully saturated rings. The van der Waals surface area contributed by atoms with Crippen molar-refractivity contribution in [2.45, 2.75) is 17.5 Å². The normalized spacial score (nSPS) is 19.5. The first-order valence-corrected chi connectivity index (χ1v) is 7.99. The topological polar surface area (TPSA) is 102 Å². The maximum atomic E-state index is 12.9. The molecule has 1 aliphatic heterocycles. The summed E-state index contributed by atoms with van der Waals surface area (Å²) in [7, 11) is -2.18. The minimum Gasteiger partial charge on any atom is -0.380 e. The van der Waals surface area contributed by atoms with Gasteiger partial charge in [0.25, 0.3) is 10.0 Å². The van der Waals surface area contributed by atoms with Gasteiger partial charge in [0.2, 0.25) is 5.03 Å². The monoisotopic (exact) mass is 311 g/mol. The predicted octanol–water partition coefficient (Wildman–Crippen LogP) is 0.0293. The summed E-state index contributed by atoms with van der Waals surface area (Å²) < 4.78 is 33.9. The average molecular weight is 311 g/mol. The van der Waals surface area contributed by atoms with Gasteiger partial charge in [-0.05, 0) is 18.6 Å². The predicted molar refractivity (Wildman–Crippen MR) is 77.2 cm³/mol. The molecular weight excluding hydrogens is 294 g/mol. The molecule has 0 aliphatic carbocycles. The van der Waals surface area contributed by atoms with Gasteiger partial charge in [0.05, 0.1) is 12.6 Å². The van der Waals surface area contributed by atoms with Crippen molar-refractivity contribution in [3.05, 3.63) is 24.4 Å². The Morgan fingerprint density at radius 1 is 1.52 bits per heavy atom. The molecule has 0 radical (unpaired) electrons. The van der Waals surface area contributed by atoms with E-state index in [1.807, 2.05) is 0 Å². The number of nitrogens with two attached hydrogens (primary N) is 1. The number of hydrogen-bond donors (Lipinski definition) is 2. The van der Waals surface area contributed by atoms with Crippen molar-refractivity contribution in [2.75, 3.05) is 25.7 Å².